The van der Waals surface area contributed by atoms with Crippen LogP contribution in [-0.2, 0) is 4.74 Å². The van der Waals surface area contributed by atoms with E-state index >= 15 is 0 Å². The molecule has 0 fully saturated rings. The second kappa shape index (κ2) is 9.70. The lowest BCUT2D eigenvalue weighted by Crippen LogP contribution is -2.04. The molecule has 0 saturated heterocycles. The van der Waals surface area contributed by atoms with Gasteiger partial charge in [-0.05, 0) is 48.6 Å². The summed E-state index contributed by atoms with van der Waals surface area (Å²) in [6, 6.07) is 5.38. The number of nitrogens with zero attached hydrogens (tertiary/aromatic N) is 3. The van der Waals surface area contributed by atoms with Gasteiger partial charge in [0, 0.05) is 4.90 Å². The minimum atomic E-state index is -0.548. The zero-order chi connectivity index (χ0) is 19.1. The fourth-order valence-electron chi connectivity index (χ4n) is 1.81. The summed E-state index contributed by atoms with van der Waals surface area (Å²) < 4.78 is 11.0. The number of thioether (sulfide) groups is 1. The van der Waals surface area contributed by atoms with E-state index < -0.39 is 5.97 Å². The molecule has 0 atom stereocenters. The number of aromatic nitrogens is 1. The molecule has 1 aromatic heterocycles. The quantitative estimate of drug-likeness (QED) is 0.309. The van der Waals surface area contributed by atoms with Crippen molar-refractivity contribution in [2.75, 3.05) is 6.61 Å². The van der Waals surface area contributed by atoms with E-state index in [1.807, 2.05) is 6.07 Å². The predicted molar refractivity (Wildman–Crippen MR) is 108 cm³/mol. The number of aliphatic imine (C=N–C) groups is 2. The second-order valence-corrected chi connectivity index (χ2v) is 7.32. The molecule has 0 aliphatic carbocycles. The molecule has 1 aromatic carbocycles. The molecule has 0 N–H and O–H groups in total. The number of esters is 1. The van der Waals surface area contributed by atoms with Crippen LogP contribution in [0.15, 0.2) is 55.0 Å². The Balaban J connectivity index is 2.32. The lowest BCUT2D eigenvalue weighted by Gasteiger charge is -2.06. The van der Waals surface area contributed by atoms with Crippen molar-refractivity contribution in [3.05, 3.63) is 46.4 Å². The Hall–Kier alpha value is -1.90. The van der Waals surface area contributed by atoms with Gasteiger partial charge in [-0.15, -0.1) is 0 Å². The standard InChI is InChI=1S/C17H15BrClN3O3S/c1-4-24-17(23)12-9-25-16(22-12)11-6-5-7-13(15(11)19)26-14(20-3)8-21-10(2)18/h5-9H,3-4H2,1-2H3/b14-8+,21-10?. The molecule has 0 spiro atoms. The van der Waals surface area contributed by atoms with Crippen molar-refractivity contribution in [1.82, 2.24) is 4.98 Å². The fraction of sp³-hybridized carbons (Fsp3) is 0.176. The van der Waals surface area contributed by atoms with Crippen LogP contribution in [0.1, 0.15) is 24.3 Å². The van der Waals surface area contributed by atoms with Gasteiger partial charge >= 0.3 is 5.97 Å². The van der Waals surface area contributed by atoms with Gasteiger partial charge in [-0.3, -0.25) is 9.98 Å². The van der Waals surface area contributed by atoms with E-state index in [-0.39, 0.29) is 18.2 Å². The number of carbonyl (C=O) groups excluding carboxylic acids is 1. The summed E-state index contributed by atoms with van der Waals surface area (Å²) in [7, 11) is 0. The van der Waals surface area contributed by atoms with E-state index in [0.717, 1.165) is 4.90 Å². The molecule has 0 aliphatic heterocycles. The fourth-order valence-corrected chi connectivity index (χ4v) is 2.97. The van der Waals surface area contributed by atoms with Crippen molar-refractivity contribution in [3.8, 4) is 11.5 Å². The normalized spacial score (nSPS) is 12.2. The van der Waals surface area contributed by atoms with Crippen molar-refractivity contribution in [3.63, 3.8) is 0 Å². The minimum absolute atomic E-state index is 0.0893. The largest absolute Gasteiger partial charge is 0.461 e. The number of hydrogen-bond donors (Lipinski definition) is 0. The Labute approximate surface area is 168 Å². The highest BCUT2D eigenvalue weighted by atomic mass is 79.9. The van der Waals surface area contributed by atoms with Gasteiger partial charge in [0.25, 0.3) is 0 Å². The van der Waals surface area contributed by atoms with E-state index in [4.69, 9.17) is 20.8 Å². The summed E-state index contributed by atoms with van der Waals surface area (Å²) >= 11 is 11.0. The maximum Gasteiger partial charge on any atom is 0.360 e. The molecule has 2 rings (SSSR count). The Morgan fingerprint density at radius 1 is 1.54 bits per heavy atom. The molecule has 0 aliphatic rings. The third kappa shape index (κ3) is 5.30. The number of rotatable bonds is 7. The molecule has 0 unspecified atom stereocenters. The maximum absolute atomic E-state index is 11.7. The van der Waals surface area contributed by atoms with Gasteiger partial charge in [0.2, 0.25) is 5.89 Å². The van der Waals surface area contributed by atoms with Crippen LogP contribution in [0.4, 0.5) is 0 Å². The summed E-state index contributed by atoms with van der Waals surface area (Å²) in [6.07, 6.45) is 2.82. The van der Waals surface area contributed by atoms with Gasteiger partial charge in [-0.1, -0.05) is 29.4 Å². The Bertz CT molecular complexity index is 876. The Morgan fingerprint density at radius 2 is 2.31 bits per heavy atom. The van der Waals surface area contributed by atoms with Crippen molar-refractivity contribution < 1.29 is 13.9 Å². The van der Waals surface area contributed by atoms with Gasteiger partial charge in [-0.2, -0.15) is 0 Å². The number of carbonyl (C=O) groups is 1. The van der Waals surface area contributed by atoms with Crippen molar-refractivity contribution in [2.24, 2.45) is 9.98 Å². The van der Waals surface area contributed by atoms with Crippen molar-refractivity contribution in [1.29, 1.82) is 0 Å². The lowest BCUT2D eigenvalue weighted by molar-refractivity contribution is 0.0519. The van der Waals surface area contributed by atoms with Crippen LogP contribution in [0.5, 0.6) is 0 Å². The van der Waals surface area contributed by atoms with Crippen LogP contribution < -0.4 is 0 Å². The first kappa shape index (κ1) is 20.4. The number of ether oxygens (including phenoxy) is 1. The van der Waals surface area contributed by atoms with Gasteiger partial charge in [0.15, 0.2) is 5.69 Å². The molecule has 26 heavy (non-hydrogen) atoms. The highest BCUT2D eigenvalue weighted by Crippen LogP contribution is 2.38. The molecule has 9 heteroatoms. The van der Waals surface area contributed by atoms with Crippen LogP contribution in [0.25, 0.3) is 11.5 Å². The average molecular weight is 457 g/mol. The average Bonchev–Trinajstić information content (AvgIpc) is 3.10. The summed E-state index contributed by atoms with van der Waals surface area (Å²) in [5.74, 6) is -0.319. The van der Waals surface area contributed by atoms with E-state index in [2.05, 4.69) is 37.6 Å². The van der Waals surface area contributed by atoms with E-state index in [1.54, 1.807) is 32.2 Å². The van der Waals surface area contributed by atoms with Gasteiger partial charge in [-0.25, -0.2) is 9.78 Å². The summed E-state index contributed by atoms with van der Waals surface area (Å²) in [5.41, 5.74) is 0.641. The van der Waals surface area contributed by atoms with Crippen molar-refractivity contribution >= 4 is 56.6 Å². The minimum Gasteiger partial charge on any atom is -0.461 e. The first-order chi connectivity index (χ1) is 12.5. The SMILES string of the molecule is C=N/C(=C\N=C(C)Br)Sc1cccc(-c2nc(C(=O)OCC)co2)c1Cl. The third-order valence-corrected chi connectivity index (χ3v) is 4.63. The number of benzene rings is 1. The molecule has 1 heterocycles. The summed E-state index contributed by atoms with van der Waals surface area (Å²) in [6.45, 7) is 7.32. The molecule has 2 aromatic rings. The molecule has 136 valence electrons. The van der Waals surface area contributed by atoms with Crippen molar-refractivity contribution in [2.45, 2.75) is 18.7 Å². The van der Waals surface area contributed by atoms with Crippen LogP contribution in [0.2, 0.25) is 5.02 Å². The molecule has 0 bridgehead atoms. The highest BCUT2D eigenvalue weighted by Gasteiger charge is 2.18. The summed E-state index contributed by atoms with van der Waals surface area (Å²) in [4.78, 5) is 24.7. The highest BCUT2D eigenvalue weighted by molar-refractivity contribution is 9.18. The molecular weight excluding hydrogens is 442 g/mol. The summed E-state index contributed by atoms with van der Waals surface area (Å²) in [5, 5.41) is 0.992. The first-order valence-corrected chi connectivity index (χ1v) is 9.41. The molecular formula is C17H15BrClN3O3S. The molecule has 0 amide bonds. The monoisotopic (exact) mass is 455 g/mol. The van der Waals surface area contributed by atoms with Gasteiger partial charge in [0.1, 0.15) is 11.3 Å². The molecule has 0 radical (unpaired) electrons. The smallest absolute Gasteiger partial charge is 0.360 e. The Morgan fingerprint density at radius 3 is 2.96 bits per heavy atom. The molecule has 6 nitrogen and oxygen atoms in total. The topological polar surface area (TPSA) is 77.0 Å². The van der Waals surface area contributed by atoms with E-state index in [0.29, 0.717) is 20.2 Å². The zero-order valence-corrected chi connectivity index (χ0v) is 17.2. The van der Waals surface area contributed by atoms with Crippen LogP contribution >= 0.6 is 39.3 Å². The van der Waals surface area contributed by atoms with Gasteiger partial charge in [0.05, 0.1) is 28.0 Å². The number of oxazole rings is 1. The number of hydrogen-bond acceptors (Lipinski definition) is 7. The predicted octanol–water partition coefficient (Wildman–Crippen LogP) is 5.58. The van der Waals surface area contributed by atoms with Crippen LogP contribution in [0, 0.1) is 0 Å². The van der Waals surface area contributed by atoms with Crippen LogP contribution in [-0.4, -0.2) is 28.9 Å². The maximum atomic E-state index is 11.7. The Kier molecular flexibility index (Phi) is 7.62. The second-order valence-electron chi connectivity index (χ2n) is 4.73. The van der Waals surface area contributed by atoms with Gasteiger partial charge < -0.3 is 9.15 Å². The first-order valence-electron chi connectivity index (χ1n) is 7.42. The van der Waals surface area contributed by atoms with Crippen LogP contribution in [0.3, 0.4) is 0 Å². The lowest BCUT2D eigenvalue weighted by atomic mass is 10.2. The van der Waals surface area contributed by atoms with E-state index in [9.17, 15) is 4.79 Å². The molecule has 0 saturated carbocycles. The third-order valence-electron chi connectivity index (χ3n) is 2.91. The van der Waals surface area contributed by atoms with E-state index in [1.165, 1.54) is 18.0 Å². The number of halogens is 2. The zero-order valence-electron chi connectivity index (χ0n) is 14.0.